The second-order valence-corrected chi connectivity index (χ2v) is 6.84. The Labute approximate surface area is 128 Å². The van der Waals surface area contributed by atoms with Gasteiger partial charge in [-0.3, -0.25) is 4.79 Å². The zero-order valence-corrected chi connectivity index (χ0v) is 13.6. The molecule has 1 amide bonds. The number of nitrogens with two attached hydrogens (primary N) is 2. The molecule has 1 aromatic rings. The molecule has 5 N–H and O–H groups in total. The predicted octanol–water partition coefficient (Wildman–Crippen LogP) is 1.90. The zero-order chi connectivity index (χ0) is 14.7. The molecular formula is C13H22N4OS2. The van der Waals surface area contributed by atoms with E-state index in [0.717, 1.165) is 29.5 Å². The average molecular weight is 314 g/mol. The van der Waals surface area contributed by atoms with Crippen molar-refractivity contribution in [3.05, 3.63) is 4.88 Å². The molecule has 112 valence electrons. The van der Waals surface area contributed by atoms with Crippen LogP contribution in [0.15, 0.2) is 4.90 Å². The van der Waals surface area contributed by atoms with Crippen molar-refractivity contribution in [1.29, 1.82) is 0 Å². The summed E-state index contributed by atoms with van der Waals surface area (Å²) in [5.41, 5.74) is 11.9. The third-order valence-electron chi connectivity index (χ3n) is 3.70. The van der Waals surface area contributed by atoms with E-state index in [4.69, 9.17) is 11.5 Å². The number of hydrogen-bond donors (Lipinski definition) is 3. The highest BCUT2D eigenvalue weighted by molar-refractivity contribution is 7.99. The monoisotopic (exact) mass is 314 g/mol. The lowest BCUT2D eigenvalue weighted by atomic mass is 10.1. The normalized spacial score (nSPS) is 19.4. The number of primary amides is 1. The Bertz CT molecular complexity index is 489. The van der Waals surface area contributed by atoms with Crippen LogP contribution in [0.25, 0.3) is 0 Å². The van der Waals surface area contributed by atoms with E-state index in [1.165, 1.54) is 24.3 Å². The zero-order valence-electron chi connectivity index (χ0n) is 11.9. The van der Waals surface area contributed by atoms with Gasteiger partial charge in [0.25, 0.3) is 5.91 Å². The average Bonchev–Trinajstić information content (AvgIpc) is 3.00. The molecule has 5 nitrogen and oxygen atoms in total. The Morgan fingerprint density at radius 2 is 2.35 bits per heavy atom. The molecule has 20 heavy (non-hydrogen) atoms. The minimum absolute atomic E-state index is 0.450. The molecule has 1 aliphatic heterocycles. The van der Waals surface area contributed by atoms with Crippen LogP contribution in [0.4, 0.5) is 10.7 Å². The first-order valence-corrected chi connectivity index (χ1v) is 8.83. The molecule has 1 fully saturated rings. The Balaban J connectivity index is 2.02. The van der Waals surface area contributed by atoms with E-state index in [-0.39, 0.29) is 0 Å². The lowest BCUT2D eigenvalue weighted by molar-refractivity contribution is 0.100. The smallest absolute Gasteiger partial charge is 0.261 e. The minimum atomic E-state index is -0.450. The van der Waals surface area contributed by atoms with Crippen LogP contribution in [0.3, 0.4) is 0 Å². The maximum Gasteiger partial charge on any atom is 0.261 e. The summed E-state index contributed by atoms with van der Waals surface area (Å²) in [5.74, 6) is 0.207. The highest BCUT2D eigenvalue weighted by Gasteiger charge is 2.23. The van der Waals surface area contributed by atoms with E-state index >= 15 is 0 Å². The minimum Gasteiger partial charge on any atom is -0.396 e. The summed E-state index contributed by atoms with van der Waals surface area (Å²) in [6, 6.07) is 0. The predicted molar refractivity (Wildman–Crippen MR) is 87.7 cm³/mol. The number of nitrogens with one attached hydrogen (secondary N) is 1. The van der Waals surface area contributed by atoms with E-state index < -0.39 is 5.91 Å². The van der Waals surface area contributed by atoms with Gasteiger partial charge in [-0.05, 0) is 31.7 Å². The van der Waals surface area contributed by atoms with Crippen molar-refractivity contribution >= 4 is 39.7 Å². The van der Waals surface area contributed by atoms with Crippen molar-refractivity contribution in [2.45, 2.75) is 18.2 Å². The van der Waals surface area contributed by atoms with Gasteiger partial charge in [-0.1, -0.05) is 6.92 Å². The lowest BCUT2D eigenvalue weighted by Crippen LogP contribution is -2.22. The Kier molecular flexibility index (Phi) is 5.17. The molecule has 1 aliphatic rings. The number of hydrogen-bond acceptors (Lipinski definition) is 6. The van der Waals surface area contributed by atoms with Crippen LogP contribution in [0.2, 0.25) is 0 Å². The molecule has 0 bridgehead atoms. The summed E-state index contributed by atoms with van der Waals surface area (Å²) >= 11 is 2.92. The highest BCUT2D eigenvalue weighted by atomic mass is 32.2. The van der Waals surface area contributed by atoms with Gasteiger partial charge in [-0.25, -0.2) is 0 Å². The number of carbonyl (C=O) groups is 1. The molecular weight excluding hydrogens is 292 g/mol. The fourth-order valence-electron chi connectivity index (χ4n) is 2.53. The van der Waals surface area contributed by atoms with Crippen molar-refractivity contribution in [1.82, 2.24) is 4.90 Å². The fourth-order valence-corrected chi connectivity index (χ4v) is 4.43. The van der Waals surface area contributed by atoms with Crippen molar-refractivity contribution in [3.8, 4) is 0 Å². The number of nitrogen functional groups attached to an aromatic ring is 1. The lowest BCUT2D eigenvalue weighted by Gasteiger charge is -2.14. The van der Waals surface area contributed by atoms with E-state index in [1.54, 1.807) is 11.8 Å². The molecule has 0 aromatic carbocycles. The number of likely N-dealkylation sites (tertiary alicyclic amines) is 1. The first kappa shape index (κ1) is 15.5. The summed E-state index contributed by atoms with van der Waals surface area (Å²) in [4.78, 5) is 15.2. The number of amides is 1. The number of anilines is 2. The quantitative estimate of drug-likeness (QED) is 0.699. The van der Waals surface area contributed by atoms with Gasteiger partial charge in [0.1, 0.15) is 9.88 Å². The second-order valence-electron chi connectivity index (χ2n) is 5.00. The van der Waals surface area contributed by atoms with Gasteiger partial charge < -0.3 is 21.7 Å². The molecule has 2 heterocycles. The van der Waals surface area contributed by atoms with Crippen molar-refractivity contribution in [2.24, 2.45) is 11.7 Å². The highest BCUT2D eigenvalue weighted by Crippen LogP contribution is 2.41. The van der Waals surface area contributed by atoms with Gasteiger partial charge >= 0.3 is 0 Å². The number of thiophene rings is 1. The second kappa shape index (κ2) is 6.69. The maximum absolute atomic E-state index is 11.4. The third-order valence-corrected chi connectivity index (χ3v) is 5.84. The molecule has 1 atom stereocenters. The molecule has 0 aliphatic carbocycles. The summed E-state index contributed by atoms with van der Waals surface area (Å²) in [5, 5.41) is 4.42. The number of thioether (sulfide) groups is 1. The largest absolute Gasteiger partial charge is 0.396 e. The van der Waals surface area contributed by atoms with Gasteiger partial charge in [0.2, 0.25) is 0 Å². The van der Waals surface area contributed by atoms with Crippen molar-refractivity contribution in [3.63, 3.8) is 0 Å². The van der Waals surface area contributed by atoms with Crippen molar-refractivity contribution in [2.75, 3.05) is 43.5 Å². The van der Waals surface area contributed by atoms with Gasteiger partial charge in [-0.2, -0.15) is 0 Å². The van der Waals surface area contributed by atoms with E-state index in [0.29, 0.717) is 16.5 Å². The van der Waals surface area contributed by atoms with Gasteiger partial charge in [-0.15, -0.1) is 23.1 Å². The molecule has 0 radical (unpaired) electrons. The van der Waals surface area contributed by atoms with Crippen LogP contribution in [0.5, 0.6) is 0 Å². The Hall–Kier alpha value is -0.920. The SMILES string of the molecule is CCN1CCC(CNc2sc(C(N)=O)c(N)c2SC)C1. The summed E-state index contributed by atoms with van der Waals surface area (Å²) < 4.78 is 0. The number of rotatable bonds is 6. The molecule has 1 saturated heterocycles. The molecule has 0 spiro atoms. The van der Waals surface area contributed by atoms with Crippen LogP contribution < -0.4 is 16.8 Å². The Morgan fingerprint density at radius 3 is 2.90 bits per heavy atom. The van der Waals surface area contributed by atoms with Crippen molar-refractivity contribution < 1.29 is 4.79 Å². The molecule has 2 rings (SSSR count). The fraction of sp³-hybridized carbons (Fsp3) is 0.615. The van der Waals surface area contributed by atoms with Crippen LogP contribution >= 0.6 is 23.1 Å². The van der Waals surface area contributed by atoms with Crippen LogP contribution in [0, 0.1) is 5.92 Å². The summed E-state index contributed by atoms with van der Waals surface area (Å²) in [7, 11) is 0. The van der Waals surface area contributed by atoms with Crippen LogP contribution in [-0.4, -0.2) is 43.2 Å². The van der Waals surface area contributed by atoms with Gasteiger partial charge in [0.05, 0.1) is 10.6 Å². The molecule has 1 unspecified atom stereocenters. The first-order chi connectivity index (χ1) is 9.56. The Morgan fingerprint density at radius 1 is 1.60 bits per heavy atom. The standard InChI is InChI=1S/C13H22N4OS2/c1-3-17-5-4-8(7-17)6-16-13-11(19-2)9(14)10(20-13)12(15)18/h8,16H,3-7,14H2,1-2H3,(H2,15,18). The van der Waals surface area contributed by atoms with E-state index in [9.17, 15) is 4.79 Å². The van der Waals surface area contributed by atoms with Crippen LogP contribution in [0.1, 0.15) is 23.0 Å². The third kappa shape index (κ3) is 3.21. The molecule has 1 aromatic heterocycles. The topological polar surface area (TPSA) is 84.4 Å². The van der Waals surface area contributed by atoms with Gasteiger partial charge in [0, 0.05) is 13.1 Å². The van der Waals surface area contributed by atoms with E-state index in [1.807, 2.05) is 6.26 Å². The van der Waals surface area contributed by atoms with Crippen LogP contribution in [-0.2, 0) is 0 Å². The van der Waals surface area contributed by atoms with E-state index in [2.05, 4.69) is 17.1 Å². The summed E-state index contributed by atoms with van der Waals surface area (Å²) in [6.07, 6.45) is 3.18. The maximum atomic E-state index is 11.4. The molecule has 7 heteroatoms. The summed E-state index contributed by atoms with van der Waals surface area (Å²) in [6.45, 7) is 6.55. The molecule has 0 saturated carbocycles. The number of carbonyl (C=O) groups excluding carboxylic acids is 1. The van der Waals surface area contributed by atoms with Gasteiger partial charge in [0.15, 0.2) is 0 Å². The first-order valence-electron chi connectivity index (χ1n) is 6.79. The number of nitrogens with zero attached hydrogens (tertiary/aromatic N) is 1.